The molecule has 0 saturated heterocycles. The molecular weight excluding hydrogens is 216 g/mol. The van der Waals surface area contributed by atoms with E-state index in [9.17, 15) is 9.90 Å². The van der Waals surface area contributed by atoms with Crippen LogP contribution < -0.4 is 0 Å². The molecule has 2 atom stereocenters. The molecule has 1 aromatic rings. The van der Waals surface area contributed by atoms with Gasteiger partial charge in [-0.2, -0.15) is 5.10 Å². The van der Waals surface area contributed by atoms with Gasteiger partial charge in [0, 0.05) is 11.6 Å². The molecule has 17 heavy (non-hydrogen) atoms. The third-order valence-electron chi connectivity index (χ3n) is 4.48. The summed E-state index contributed by atoms with van der Waals surface area (Å²) >= 11 is 0. The number of nitrogens with one attached hydrogen (secondary N) is 1. The number of carboxylic acid groups (broad SMARTS) is 1. The van der Waals surface area contributed by atoms with Gasteiger partial charge in [0.15, 0.2) is 0 Å². The van der Waals surface area contributed by atoms with Gasteiger partial charge in [-0.05, 0) is 36.7 Å². The molecule has 0 radical (unpaired) electrons. The highest BCUT2D eigenvalue weighted by Gasteiger charge is 2.64. The lowest BCUT2D eigenvalue weighted by Gasteiger charge is -2.11. The van der Waals surface area contributed by atoms with Gasteiger partial charge in [-0.1, -0.05) is 13.8 Å². The van der Waals surface area contributed by atoms with Crippen molar-refractivity contribution in [3.8, 4) is 0 Å². The molecule has 3 rings (SSSR count). The van der Waals surface area contributed by atoms with Gasteiger partial charge in [-0.3, -0.25) is 9.89 Å². The van der Waals surface area contributed by atoms with Crippen molar-refractivity contribution in [3.05, 3.63) is 17.0 Å². The van der Waals surface area contributed by atoms with E-state index in [2.05, 4.69) is 10.2 Å². The molecule has 0 unspecified atom stereocenters. The fraction of sp³-hybridized carbons (Fsp3) is 0.692. The van der Waals surface area contributed by atoms with Crippen LogP contribution in [-0.4, -0.2) is 21.3 Å². The van der Waals surface area contributed by atoms with E-state index in [0.29, 0.717) is 0 Å². The van der Waals surface area contributed by atoms with E-state index in [4.69, 9.17) is 0 Å². The summed E-state index contributed by atoms with van der Waals surface area (Å²) in [7, 11) is 0. The van der Waals surface area contributed by atoms with Gasteiger partial charge < -0.3 is 5.11 Å². The van der Waals surface area contributed by atoms with Crippen LogP contribution in [0.2, 0.25) is 0 Å². The molecule has 2 aliphatic carbocycles. The van der Waals surface area contributed by atoms with E-state index in [-0.39, 0.29) is 17.3 Å². The predicted octanol–water partition coefficient (Wildman–Crippen LogP) is 2.11. The number of rotatable bonds is 2. The van der Waals surface area contributed by atoms with Crippen LogP contribution in [0.4, 0.5) is 0 Å². The van der Waals surface area contributed by atoms with Gasteiger partial charge in [0.2, 0.25) is 0 Å². The zero-order valence-corrected chi connectivity index (χ0v) is 10.3. The molecule has 1 fully saturated rings. The number of H-pyrrole nitrogens is 1. The Morgan fingerprint density at radius 3 is 2.76 bits per heavy atom. The smallest absolute Gasteiger partial charge is 0.307 e. The van der Waals surface area contributed by atoms with Gasteiger partial charge in [0.1, 0.15) is 0 Å². The van der Waals surface area contributed by atoms with E-state index in [1.165, 1.54) is 24.1 Å². The second kappa shape index (κ2) is 3.34. The molecule has 2 N–H and O–H groups in total. The van der Waals surface area contributed by atoms with Crippen molar-refractivity contribution in [1.82, 2.24) is 10.2 Å². The first-order valence-corrected chi connectivity index (χ1v) is 6.32. The van der Waals surface area contributed by atoms with Crippen LogP contribution in [0.3, 0.4) is 0 Å². The fourth-order valence-electron chi connectivity index (χ4n) is 3.37. The number of aryl methyl sites for hydroxylation is 1. The Hall–Kier alpha value is -1.32. The zero-order valence-electron chi connectivity index (χ0n) is 10.3. The summed E-state index contributed by atoms with van der Waals surface area (Å²) in [5, 5.41) is 16.7. The second-order valence-electron chi connectivity index (χ2n) is 5.89. The number of aromatic amines is 1. The Morgan fingerprint density at radius 1 is 1.41 bits per heavy atom. The molecule has 2 aliphatic rings. The van der Waals surface area contributed by atoms with Gasteiger partial charge >= 0.3 is 5.97 Å². The van der Waals surface area contributed by atoms with Crippen LogP contribution in [0.5, 0.6) is 0 Å². The van der Waals surface area contributed by atoms with Gasteiger partial charge in [-0.25, -0.2) is 0 Å². The van der Waals surface area contributed by atoms with Crippen LogP contribution in [-0.2, 0) is 17.6 Å². The molecular formula is C13H18N2O2. The number of fused-ring (bicyclic) bond motifs is 1. The number of carboxylic acids is 1. The molecule has 4 nitrogen and oxygen atoms in total. The maximum Gasteiger partial charge on any atom is 0.307 e. The summed E-state index contributed by atoms with van der Waals surface area (Å²) in [4.78, 5) is 11.2. The minimum Gasteiger partial charge on any atom is -0.481 e. The molecule has 0 amide bonds. The van der Waals surface area contributed by atoms with E-state index < -0.39 is 5.97 Å². The Labute approximate surface area is 100 Å². The fourth-order valence-corrected chi connectivity index (χ4v) is 3.37. The molecule has 0 spiro atoms. The number of aromatic nitrogens is 2. The molecule has 92 valence electrons. The highest BCUT2D eigenvalue weighted by molar-refractivity contribution is 5.77. The molecule has 1 saturated carbocycles. The first-order valence-electron chi connectivity index (χ1n) is 6.32. The number of aliphatic carboxylic acids is 1. The van der Waals surface area contributed by atoms with Gasteiger partial charge in [0.05, 0.1) is 11.6 Å². The predicted molar refractivity (Wildman–Crippen MR) is 62.9 cm³/mol. The Kier molecular flexibility index (Phi) is 2.12. The third-order valence-corrected chi connectivity index (χ3v) is 4.48. The van der Waals surface area contributed by atoms with Crippen molar-refractivity contribution >= 4 is 5.97 Å². The van der Waals surface area contributed by atoms with Crippen LogP contribution in [0, 0.1) is 11.3 Å². The van der Waals surface area contributed by atoms with Gasteiger partial charge in [-0.15, -0.1) is 0 Å². The Balaban J connectivity index is 1.96. The monoisotopic (exact) mass is 234 g/mol. The number of hydrogen-bond acceptors (Lipinski definition) is 2. The topological polar surface area (TPSA) is 66.0 Å². The highest BCUT2D eigenvalue weighted by Crippen LogP contribution is 2.64. The lowest BCUT2D eigenvalue weighted by molar-refractivity contribution is -0.139. The van der Waals surface area contributed by atoms with Gasteiger partial charge in [0.25, 0.3) is 0 Å². The third kappa shape index (κ3) is 1.43. The summed E-state index contributed by atoms with van der Waals surface area (Å²) < 4.78 is 0. The average molecular weight is 234 g/mol. The zero-order chi connectivity index (χ0) is 12.2. The summed E-state index contributed by atoms with van der Waals surface area (Å²) in [6.07, 6.45) is 4.53. The van der Waals surface area contributed by atoms with E-state index in [1.54, 1.807) is 0 Å². The van der Waals surface area contributed by atoms with Crippen molar-refractivity contribution in [2.24, 2.45) is 11.3 Å². The molecule has 1 aromatic heterocycles. The van der Waals surface area contributed by atoms with Crippen LogP contribution >= 0.6 is 0 Å². The number of nitrogens with zero attached hydrogens (tertiary/aromatic N) is 1. The van der Waals surface area contributed by atoms with Crippen molar-refractivity contribution in [1.29, 1.82) is 0 Å². The minimum absolute atomic E-state index is 0.0955. The quantitative estimate of drug-likeness (QED) is 0.823. The lowest BCUT2D eigenvalue weighted by atomic mass is 9.93. The first kappa shape index (κ1) is 10.8. The maximum atomic E-state index is 11.2. The minimum atomic E-state index is -0.687. The van der Waals surface area contributed by atoms with Crippen LogP contribution in [0.25, 0.3) is 0 Å². The summed E-state index contributed by atoms with van der Waals surface area (Å²) in [6, 6.07) is 0. The van der Waals surface area contributed by atoms with Crippen molar-refractivity contribution < 1.29 is 9.90 Å². The highest BCUT2D eigenvalue weighted by atomic mass is 16.4. The first-order chi connectivity index (χ1) is 8.03. The molecule has 4 heteroatoms. The van der Waals surface area contributed by atoms with E-state index in [1.807, 2.05) is 13.8 Å². The van der Waals surface area contributed by atoms with Crippen molar-refractivity contribution in [3.63, 3.8) is 0 Å². The standard InChI is InChI=1S/C13H18N2O2/c1-13(2)9(10(13)12(16)17)11-7-5-3-4-6-8(7)14-15-11/h9-10H,3-6H2,1-2H3,(H,14,15)(H,16,17)/t9-,10-/m0/s1. The normalized spacial score (nSPS) is 29.8. The summed E-state index contributed by atoms with van der Waals surface area (Å²) in [6.45, 7) is 4.06. The van der Waals surface area contributed by atoms with E-state index >= 15 is 0 Å². The molecule has 0 aliphatic heterocycles. The Bertz CT molecular complexity index is 476. The molecule has 0 bridgehead atoms. The summed E-state index contributed by atoms with van der Waals surface area (Å²) in [5.41, 5.74) is 3.42. The van der Waals surface area contributed by atoms with Crippen LogP contribution in [0.1, 0.15) is 49.6 Å². The number of carbonyl (C=O) groups is 1. The largest absolute Gasteiger partial charge is 0.481 e. The average Bonchev–Trinajstić information content (AvgIpc) is 2.68. The SMILES string of the molecule is CC1(C)[C@H](C(=O)O)[C@H]1c1n[nH]c2c1CCCC2. The Morgan fingerprint density at radius 2 is 2.12 bits per heavy atom. The lowest BCUT2D eigenvalue weighted by Crippen LogP contribution is -2.04. The van der Waals surface area contributed by atoms with Crippen molar-refractivity contribution in [2.75, 3.05) is 0 Å². The van der Waals surface area contributed by atoms with Crippen LogP contribution in [0.15, 0.2) is 0 Å². The summed E-state index contributed by atoms with van der Waals surface area (Å²) in [5.74, 6) is -0.859. The maximum absolute atomic E-state index is 11.2. The van der Waals surface area contributed by atoms with E-state index in [0.717, 1.165) is 18.5 Å². The number of hydrogen-bond donors (Lipinski definition) is 2. The molecule has 1 heterocycles. The second-order valence-corrected chi connectivity index (χ2v) is 5.89. The van der Waals surface area contributed by atoms with Crippen molar-refractivity contribution in [2.45, 2.75) is 45.4 Å². The molecule has 0 aromatic carbocycles.